The van der Waals surface area contributed by atoms with Crippen molar-refractivity contribution in [3.05, 3.63) is 30.1 Å². The van der Waals surface area contributed by atoms with Crippen LogP contribution in [0.1, 0.15) is 6.42 Å². The van der Waals surface area contributed by atoms with Gasteiger partial charge in [0.1, 0.15) is 5.82 Å². The molecule has 0 saturated carbocycles. The zero-order chi connectivity index (χ0) is 13.0. The van der Waals surface area contributed by atoms with Crippen molar-refractivity contribution in [1.82, 2.24) is 4.90 Å². The molecule has 0 atom stereocenters. The minimum Gasteiger partial charge on any atom is -0.388 e. The van der Waals surface area contributed by atoms with Crippen LogP contribution in [0.3, 0.4) is 0 Å². The SMILES string of the molecule is N=C(N)CCN1CCN(c2ccc(F)cc2)CC1. The monoisotopic (exact) mass is 250 g/mol. The lowest BCUT2D eigenvalue weighted by Crippen LogP contribution is -2.47. The predicted molar refractivity (Wildman–Crippen MR) is 71.6 cm³/mol. The largest absolute Gasteiger partial charge is 0.388 e. The van der Waals surface area contributed by atoms with Crippen molar-refractivity contribution in [2.45, 2.75) is 6.42 Å². The van der Waals surface area contributed by atoms with E-state index in [4.69, 9.17) is 11.1 Å². The lowest BCUT2D eigenvalue weighted by atomic mass is 10.2. The number of halogens is 1. The highest BCUT2D eigenvalue weighted by molar-refractivity contribution is 5.76. The van der Waals surface area contributed by atoms with E-state index in [-0.39, 0.29) is 11.7 Å². The molecule has 18 heavy (non-hydrogen) atoms. The Hall–Kier alpha value is -1.62. The van der Waals surface area contributed by atoms with Crippen LogP contribution < -0.4 is 10.6 Å². The van der Waals surface area contributed by atoms with Gasteiger partial charge in [0.2, 0.25) is 0 Å². The van der Waals surface area contributed by atoms with E-state index in [2.05, 4.69) is 9.80 Å². The Bertz CT molecular complexity index is 396. The summed E-state index contributed by atoms with van der Waals surface area (Å²) in [4.78, 5) is 4.56. The first-order chi connectivity index (χ1) is 8.65. The highest BCUT2D eigenvalue weighted by Crippen LogP contribution is 2.16. The van der Waals surface area contributed by atoms with Gasteiger partial charge in [-0.1, -0.05) is 0 Å². The van der Waals surface area contributed by atoms with Crippen molar-refractivity contribution >= 4 is 11.5 Å². The number of piperazine rings is 1. The average Bonchev–Trinajstić information content (AvgIpc) is 2.38. The van der Waals surface area contributed by atoms with E-state index in [1.807, 2.05) is 12.1 Å². The third-order valence-electron chi connectivity index (χ3n) is 3.26. The maximum atomic E-state index is 12.8. The van der Waals surface area contributed by atoms with Crippen molar-refractivity contribution in [1.29, 1.82) is 5.41 Å². The maximum absolute atomic E-state index is 12.8. The molecule has 5 heteroatoms. The molecule has 1 heterocycles. The van der Waals surface area contributed by atoms with Crippen LogP contribution in [0.25, 0.3) is 0 Å². The number of benzene rings is 1. The van der Waals surface area contributed by atoms with Gasteiger partial charge in [-0.2, -0.15) is 0 Å². The van der Waals surface area contributed by atoms with Crippen molar-refractivity contribution in [3.63, 3.8) is 0 Å². The zero-order valence-electron chi connectivity index (χ0n) is 10.4. The molecular formula is C13H19FN4. The summed E-state index contributed by atoms with van der Waals surface area (Å²) < 4.78 is 12.8. The molecule has 0 radical (unpaired) electrons. The van der Waals surface area contributed by atoms with E-state index in [9.17, 15) is 4.39 Å². The first kappa shape index (κ1) is 12.8. The first-order valence-corrected chi connectivity index (χ1v) is 6.21. The molecule has 3 N–H and O–H groups in total. The van der Waals surface area contributed by atoms with Gasteiger partial charge < -0.3 is 10.6 Å². The van der Waals surface area contributed by atoms with Crippen molar-refractivity contribution in [2.75, 3.05) is 37.6 Å². The van der Waals surface area contributed by atoms with Crippen LogP contribution >= 0.6 is 0 Å². The topological polar surface area (TPSA) is 56.4 Å². The van der Waals surface area contributed by atoms with E-state index in [1.165, 1.54) is 12.1 Å². The van der Waals surface area contributed by atoms with Crippen molar-refractivity contribution in [3.8, 4) is 0 Å². The summed E-state index contributed by atoms with van der Waals surface area (Å²) in [6.07, 6.45) is 0.635. The van der Waals surface area contributed by atoms with Gasteiger partial charge in [0.25, 0.3) is 0 Å². The molecule has 2 rings (SSSR count). The molecule has 1 saturated heterocycles. The van der Waals surface area contributed by atoms with E-state index >= 15 is 0 Å². The third kappa shape index (κ3) is 3.43. The molecular weight excluding hydrogens is 231 g/mol. The number of nitrogens with one attached hydrogen (secondary N) is 1. The molecule has 0 unspecified atom stereocenters. The summed E-state index contributed by atoms with van der Waals surface area (Å²) in [5, 5.41) is 7.21. The summed E-state index contributed by atoms with van der Waals surface area (Å²) in [6, 6.07) is 6.63. The average molecular weight is 250 g/mol. The van der Waals surface area contributed by atoms with E-state index in [1.54, 1.807) is 0 Å². The van der Waals surface area contributed by atoms with Crippen LogP contribution in [0.5, 0.6) is 0 Å². The second-order valence-corrected chi connectivity index (χ2v) is 4.58. The molecule has 1 aromatic rings. The van der Waals surface area contributed by atoms with Crippen molar-refractivity contribution < 1.29 is 4.39 Å². The molecule has 4 nitrogen and oxygen atoms in total. The maximum Gasteiger partial charge on any atom is 0.123 e. The molecule has 1 aliphatic rings. The summed E-state index contributed by atoms with van der Waals surface area (Å²) >= 11 is 0. The number of rotatable bonds is 4. The Morgan fingerprint density at radius 3 is 2.33 bits per heavy atom. The molecule has 0 bridgehead atoms. The molecule has 1 fully saturated rings. The van der Waals surface area contributed by atoms with Crippen LogP contribution in [0, 0.1) is 11.2 Å². The minimum absolute atomic E-state index is 0.196. The quantitative estimate of drug-likeness (QED) is 0.625. The number of hydrogen-bond acceptors (Lipinski definition) is 3. The minimum atomic E-state index is -0.196. The predicted octanol–water partition coefficient (Wildman–Crippen LogP) is 1.27. The number of nitrogens with zero attached hydrogens (tertiary/aromatic N) is 2. The van der Waals surface area contributed by atoms with Crippen LogP contribution in [0.2, 0.25) is 0 Å². The van der Waals surface area contributed by atoms with Gasteiger partial charge in [-0.3, -0.25) is 10.3 Å². The van der Waals surface area contributed by atoms with Crippen molar-refractivity contribution in [2.24, 2.45) is 5.73 Å². The second kappa shape index (κ2) is 5.82. The fourth-order valence-corrected chi connectivity index (χ4v) is 2.16. The molecule has 1 aromatic carbocycles. The number of hydrogen-bond donors (Lipinski definition) is 2. The number of amidine groups is 1. The van der Waals surface area contributed by atoms with Gasteiger partial charge in [-0.15, -0.1) is 0 Å². The molecule has 0 spiro atoms. The van der Waals surface area contributed by atoms with E-state index < -0.39 is 0 Å². The zero-order valence-corrected chi connectivity index (χ0v) is 10.4. The van der Waals surface area contributed by atoms with Crippen LogP contribution in [-0.2, 0) is 0 Å². The summed E-state index contributed by atoms with van der Waals surface area (Å²) in [5.41, 5.74) is 6.42. The fraction of sp³-hybridized carbons (Fsp3) is 0.462. The smallest absolute Gasteiger partial charge is 0.123 e. The van der Waals surface area contributed by atoms with Gasteiger partial charge >= 0.3 is 0 Å². The molecule has 1 aliphatic heterocycles. The fourth-order valence-electron chi connectivity index (χ4n) is 2.16. The van der Waals surface area contributed by atoms with Crippen LogP contribution in [0.4, 0.5) is 10.1 Å². The Morgan fingerprint density at radius 1 is 1.17 bits per heavy atom. The molecule has 98 valence electrons. The molecule has 0 amide bonds. The van der Waals surface area contributed by atoms with Gasteiger partial charge in [-0.05, 0) is 24.3 Å². The standard InChI is InChI=1S/C13H19FN4/c14-11-1-3-12(4-2-11)18-9-7-17(8-10-18)6-5-13(15)16/h1-4H,5-10H2,(H3,15,16). The van der Waals surface area contributed by atoms with Gasteiger partial charge in [0.05, 0.1) is 5.84 Å². The lowest BCUT2D eigenvalue weighted by molar-refractivity contribution is 0.264. The lowest BCUT2D eigenvalue weighted by Gasteiger charge is -2.36. The summed E-state index contributed by atoms with van der Waals surface area (Å²) in [7, 11) is 0. The van der Waals surface area contributed by atoms with Crippen LogP contribution in [0.15, 0.2) is 24.3 Å². The second-order valence-electron chi connectivity index (χ2n) is 4.58. The highest BCUT2D eigenvalue weighted by Gasteiger charge is 2.16. The summed E-state index contributed by atoms with van der Waals surface area (Å²) in [6.45, 7) is 4.65. The first-order valence-electron chi connectivity index (χ1n) is 6.21. The van der Waals surface area contributed by atoms with Gasteiger partial charge in [-0.25, -0.2) is 4.39 Å². The molecule has 0 aliphatic carbocycles. The number of anilines is 1. The van der Waals surface area contributed by atoms with Crippen LogP contribution in [-0.4, -0.2) is 43.5 Å². The third-order valence-corrected chi connectivity index (χ3v) is 3.26. The Balaban J connectivity index is 1.83. The molecule has 0 aromatic heterocycles. The highest BCUT2D eigenvalue weighted by atomic mass is 19.1. The van der Waals surface area contributed by atoms with E-state index in [0.29, 0.717) is 6.42 Å². The summed E-state index contributed by atoms with van der Waals surface area (Å²) in [5.74, 6) is 0.0507. The Labute approximate surface area is 107 Å². The Kier molecular flexibility index (Phi) is 4.15. The van der Waals surface area contributed by atoms with Gasteiger partial charge in [0.15, 0.2) is 0 Å². The number of nitrogens with two attached hydrogens (primary N) is 1. The van der Waals surface area contributed by atoms with Gasteiger partial charge in [0, 0.05) is 44.8 Å². The van der Waals surface area contributed by atoms with E-state index in [0.717, 1.165) is 38.4 Å². The normalized spacial score (nSPS) is 16.8. The Morgan fingerprint density at radius 2 is 1.78 bits per heavy atom.